The molecule has 1 aliphatic rings. The van der Waals surface area contributed by atoms with Crippen LogP contribution in [0.25, 0.3) is 0 Å². The van der Waals surface area contributed by atoms with E-state index in [9.17, 15) is 14.7 Å². The summed E-state index contributed by atoms with van der Waals surface area (Å²) in [6, 6.07) is 4.96. The predicted octanol–water partition coefficient (Wildman–Crippen LogP) is 2.25. The normalized spacial score (nSPS) is 21.7. The first-order valence-corrected chi connectivity index (χ1v) is 7.30. The van der Waals surface area contributed by atoms with Crippen LogP contribution in [0.1, 0.15) is 18.9 Å². The molecule has 4 nitrogen and oxygen atoms in total. The summed E-state index contributed by atoms with van der Waals surface area (Å²) in [6.45, 7) is 1.73. The molecule has 19 heavy (non-hydrogen) atoms. The van der Waals surface area contributed by atoms with Crippen molar-refractivity contribution < 1.29 is 14.7 Å². The van der Waals surface area contributed by atoms with E-state index in [0.717, 1.165) is 0 Å². The molecule has 1 heterocycles. The van der Waals surface area contributed by atoms with Gasteiger partial charge >= 0.3 is 0 Å². The van der Waals surface area contributed by atoms with Crippen LogP contribution >= 0.6 is 27.5 Å². The van der Waals surface area contributed by atoms with Crippen LogP contribution in [0.3, 0.4) is 0 Å². The maximum Gasteiger partial charge on any atom is 0.264 e. The van der Waals surface area contributed by atoms with Gasteiger partial charge in [-0.3, -0.25) is 9.59 Å². The van der Waals surface area contributed by atoms with E-state index in [1.807, 2.05) is 0 Å². The van der Waals surface area contributed by atoms with Crippen molar-refractivity contribution in [2.45, 2.75) is 18.9 Å². The fourth-order valence-corrected chi connectivity index (χ4v) is 3.02. The first kappa shape index (κ1) is 14.5. The van der Waals surface area contributed by atoms with E-state index in [1.165, 1.54) is 11.8 Å². The van der Waals surface area contributed by atoms with E-state index < -0.39 is 11.5 Å². The highest BCUT2D eigenvalue weighted by Gasteiger charge is 2.50. The third-order valence-electron chi connectivity index (χ3n) is 3.11. The Morgan fingerprint density at radius 1 is 1.53 bits per heavy atom. The molecule has 1 atom stereocenters. The summed E-state index contributed by atoms with van der Waals surface area (Å²) < 4.78 is 0. The zero-order valence-electron chi connectivity index (χ0n) is 10.3. The number of carbonyl (C=O) groups is 2. The second-order valence-electron chi connectivity index (χ2n) is 4.52. The average Bonchev–Trinajstić information content (AvgIpc) is 2.53. The number of hydrogen-bond acceptors (Lipinski definition) is 3. The second-order valence-corrected chi connectivity index (χ2v) is 5.72. The molecule has 0 saturated heterocycles. The van der Waals surface area contributed by atoms with Crippen LogP contribution < -0.4 is 4.90 Å². The number of carbonyl (C=O) groups excluding carboxylic acids is 2. The molecule has 102 valence electrons. The van der Waals surface area contributed by atoms with E-state index in [0.29, 0.717) is 28.1 Å². The first-order chi connectivity index (χ1) is 8.91. The summed E-state index contributed by atoms with van der Waals surface area (Å²) in [5, 5.41) is 11.6. The van der Waals surface area contributed by atoms with Gasteiger partial charge in [0.25, 0.3) is 5.91 Å². The Bertz CT molecular complexity index is 549. The molecule has 0 bridgehead atoms. The Morgan fingerprint density at radius 2 is 2.21 bits per heavy atom. The Labute approximate surface area is 124 Å². The number of ketones is 1. The molecule has 1 amide bonds. The highest BCUT2D eigenvalue weighted by atomic mass is 79.9. The Morgan fingerprint density at radius 3 is 2.79 bits per heavy atom. The summed E-state index contributed by atoms with van der Waals surface area (Å²) in [7, 11) is 0. The number of alkyl halides is 1. The third-order valence-corrected chi connectivity index (χ3v) is 3.77. The number of rotatable bonds is 4. The van der Waals surface area contributed by atoms with Gasteiger partial charge in [0.05, 0.1) is 10.7 Å². The maximum atomic E-state index is 12.4. The molecule has 0 aliphatic carbocycles. The van der Waals surface area contributed by atoms with Crippen LogP contribution in [0.5, 0.6) is 0 Å². The number of para-hydroxylation sites is 1. The van der Waals surface area contributed by atoms with Crippen LogP contribution in [0.4, 0.5) is 5.69 Å². The standard InChI is InChI=1S/C13H13BrClNO3/c1-8(17)7-13(19)9-3-2-4-10(15)11(9)16(6-5-14)12(13)18/h2-4,19H,5-7H2,1H3. The van der Waals surface area contributed by atoms with Gasteiger partial charge in [-0.05, 0) is 13.0 Å². The van der Waals surface area contributed by atoms with Crippen molar-refractivity contribution in [2.24, 2.45) is 0 Å². The van der Waals surface area contributed by atoms with Gasteiger partial charge in [-0.1, -0.05) is 39.7 Å². The number of anilines is 1. The predicted molar refractivity (Wildman–Crippen MR) is 76.8 cm³/mol. The van der Waals surface area contributed by atoms with Gasteiger partial charge < -0.3 is 10.0 Å². The van der Waals surface area contributed by atoms with E-state index in [-0.39, 0.29) is 12.2 Å². The van der Waals surface area contributed by atoms with Gasteiger partial charge in [0.15, 0.2) is 5.60 Å². The van der Waals surface area contributed by atoms with Crippen LogP contribution in [0, 0.1) is 0 Å². The van der Waals surface area contributed by atoms with Crippen molar-refractivity contribution in [3.63, 3.8) is 0 Å². The lowest BCUT2D eigenvalue weighted by Gasteiger charge is -2.21. The quantitative estimate of drug-likeness (QED) is 0.851. The highest BCUT2D eigenvalue weighted by molar-refractivity contribution is 9.09. The zero-order chi connectivity index (χ0) is 14.2. The Balaban J connectivity index is 2.59. The Hall–Kier alpha value is -0.910. The van der Waals surface area contributed by atoms with Crippen LogP contribution in [-0.4, -0.2) is 28.7 Å². The molecule has 0 spiro atoms. The summed E-state index contributed by atoms with van der Waals surface area (Å²) in [4.78, 5) is 25.2. The van der Waals surface area contributed by atoms with Gasteiger partial charge in [0.1, 0.15) is 5.78 Å². The molecule has 0 fully saturated rings. The Kier molecular flexibility index (Phi) is 3.99. The molecule has 0 aromatic heterocycles. The van der Waals surface area contributed by atoms with Gasteiger partial charge in [-0.25, -0.2) is 0 Å². The molecule has 6 heteroatoms. The van der Waals surface area contributed by atoms with Crippen LogP contribution in [0.2, 0.25) is 5.02 Å². The van der Waals surface area contributed by atoms with Crippen molar-refractivity contribution in [1.82, 2.24) is 0 Å². The number of benzene rings is 1. The molecule has 1 aromatic carbocycles. The summed E-state index contributed by atoms with van der Waals surface area (Å²) >= 11 is 9.39. The molecule has 1 aliphatic heterocycles. The van der Waals surface area contributed by atoms with Gasteiger partial charge in [0.2, 0.25) is 0 Å². The average molecular weight is 347 g/mol. The minimum Gasteiger partial charge on any atom is -0.375 e. The van der Waals surface area contributed by atoms with E-state index in [1.54, 1.807) is 18.2 Å². The lowest BCUT2D eigenvalue weighted by atomic mass is 9.90. The number of fused-ring (bicyclic) bond motifs is 1. The number of nitrogens with zero attached hydrogens (tertiary/aromatic N) is 1. The van der Waals surface area contributed by atoms with Crippen LogP contribution in [-0.2, 0) is 15.2 Å². The summed E-state index contributed by atoms with van der Waals surface area (Å²) in [6.07, 6.45) is -0.238. The topological polar surface area (TPSA) is 57.6 Å². The number of aliphatic hydroxyl groups is 1. The largest absolute Gasteiger partial charge is 0.375 e. The minimum absolute atomic E-state index is 0.238. The van der Waals surface area contributed by atoms with E-state index >= 15 is 0 Å². The number of Topliss-reactive ketones (excluding diaryl/α,β-unsaturated/α-hetero) is 1. The molecule has 1 aromatic rings. The van der Waals surface area contributed by atoms with Crippen LogP contribution in [0.15, 0.2) is 18.2 Å². The summed E-state index contributed by atoms with van der Waals surface area (Å²) in [5.41, 5.74) is -0.896. The molecule has 0 radical (unpaired) electrons. The molecule has 1 N–H and O–H groups in total. The van der Waals surface area contributed by atoms with Crippen molar-refractivity contribution in [3.05, 3.63) is 28.8 Å². The molecule has 1 unspecified atom stereocenters. The molecular formula is C13H13BrClNO3. The minimum atomic E-state index is -1.80. The first-order valence-electron chi connectivity index (χ1n) is 5.80. The number of hydrogen-bond donors (Lipinski definition) is 1. The van der Waals surface area contributed by atoms with Gasteiger partial charge in [-0.15, -0.1) is 0 Å². The lowest BCUT2D eigenvalue weighted by molar-refractivity contribution is -0.141. The summed E-state index contributed by atoms with van der Waals surface area (Å²) in [5.74, 6) is -0.743. The fourth-order valence-electron chi connectivity index (χ4n) is 2.39. The van der Waals surface area contributed by atoms with Gasteiger partial charge in [0, 0.05) is 23.9 Å². The van der Waals surface area contributed by atoms with Crippen molar-refractivity contribution >= 4 is 44.9 Å². The van der Waals surface area contributed by atoms with Crippen molar-refractivity contribution in [2.75, 3.05) is 16.8 Å². The van der Waals surface area contributed by atoms with Gasteiger partial charge in [-0.2, -0.15) is 0 Å². The smallest absolute Gasteiger partial charge is 0.264 e. The number of halogens is 2. The monoisotopic (exact) mass is 345 g/mol. The maximum absolute atomic E-state index is 12.4. The van der Waals surface area contributed by atoms with E-state index in [2.05, 4.69) is 15.9 Å². The SMILES string of the molecule is CC(=O)CC1(O)C(=O)N(CCBr)c2c(Cl)cccc21. The lowest BCUT2D eigenvalue weighted by Crippen LogP contribution is -2.42. The third kappa shape index (κ3) is 2.30. The molecular weight excluding hydrogens is 334 g/mol. The fraction of sp³-hybridized carbons (Fsp3) is 0.385. The zero-order valence-corrected chi connectivity index (χ0v) is 12.7. The van der Waals surface area contributed by atoms with Crippen molar-refractivity contribution in [1.29, 1.82) is 0 Å². The molecule has 2 rings (SSSR count). The van der Waals surface area contributed by atoms with Crippen molar-refractivity contribution in [3.8, 4) is 0 Å². The molecule has 0 saturated carbocycles. The van der Waals surface area contributed by atoms with E-state index in [4.69, 9.17) is 11.6 Å². The number of amides is 1. The second kappa shape index (κ2) is 5.23. The highest BCUT2D eigenvalue weighted by Crippen LogP contribution is 2.45.